The van der Waals surface area contributed by atoms with Gasteiger partial charge in [-0.2, -0.15) is 0 Å². The number of hydrogen-bond acceptors (Lipinski definition) is 5. The van der Waals surface area contributed by atoms with Gasteiger partial charge < -0.3 is 4.90 Å². The van der Waals surface area contributed by atoms with E-state index >= 15 is 0 Å². The van der Waals surface area contributed by atoms with Crippen LogP contribution in [0.25, 0.3) is 20.3 Å². The second-order valence-corrected chi connectivity index (χ2v) is 8.57. The Balaban J connectivity index is 1.60. The molecule has 1 aliphatic heterocycles. The predicted octanol–water partition coefficient (Wildman–Crippen LogP) is 5.74. The highest BCUT2D eigenvalue weighted by Gasteiger charge is 2.21. The van der Waals surface area contributed by atoms with Crippen LogP contribution in [0.5, 0.6) is 0 Å². The largest absolute Gasteiger partial charge is 0.355 e. The Morgan fingerprint density at radius 1 is 0.923 bits per heavy atom. The number of benzene rings is 2. The molecule has 2 aromatic heterocycles. The number of anilines is 1. The molecule has 5 rings (SSSR count). The fourth-order valence-corrected chi connectivity index (χ4v) is 5.44. The topological polar surface area (TPSA) is 29.0 Å². The Hall–Kier alpha value is -2.11. The van der Waals surface area contributed by atoms with E-state index in [1.54, 1.807) is 11.8 Å². The average molecular weight is 378 g/mol. The lowest BCUT2D eigenvalue weighted by Gasteiger charge is -2.17. The van der Waals surface area contributed by atoms with Crippen molar-refractivity contribution in [3.05, 3.63) is 60.2 Å². The van der Waals surface area contributed by atoms with E-state index in [0.29, 0.717) is 0 Å². The molecule has 0 spiro atoms. The number of aromatic nitrogens is 2. The molecule has 3 nitrogen and oxygen atoms in total. The van der Waals surface area contributed by atoms with Gasteiger partial charge in [0.25, 0.3) is 0 Å². The summed E-state index contributed by atoms with van der Waals surface area (Å²) < 4.78 is 2.53. The summed E-state index contributed by atoms with van der Waals surface area (Å²) in [6, 6.07) is 19.1. The second-order valence-electron chi connectivity index (χ2n) is 6.57. The molecule has 2 aromatic carbocycles. The fourth-order valence-electron chi connectivity index (χ4n) is 3.49. The van der Waals surface area contributed by atoms with Gasteiger partial charge in [0.1, 0.15) is 0 Å². The van der Waals surface area contributed by atoms with Crippen LogP contribution in [0.15, 0.2) is 59.8 Å². The Morgan fingerprint density at radius 2 is 1.69 bits per heavy atom. The van der Waals surface area contributed by atoms with Crippen molar-refractivity contribution < 1.29 is 0 Å². The van der Waals surface area contributed by atoms with E-state index in [-0.39, 0.29) is 0 Å². The van der Waals surface area contributed by atoms with E-state index in [9.17, 15) is 0 Å². The van der Waals surface area contributed by atoms with Crippen molar-refractivity contribution in [1.82, 2.24) is 9.97 Å². The van der Waals surface area contributed by atoms with Crippen LogP contribution in [0.2, 0.25) is 0 Å². The van der Waals surface area contributed by atoms with Gasteiger partial charge in [-0.05, 0) is 24.5 Å². The van der Waals surface area contributed by atoms with Crippen LogP contribution in [0.4, 0.5) is 5.82 Å². The lowest BCUT2D eigenvalue weighted by atomic mass is 10.2. The molecule has 0 aliphatic carbocycles. The molecule has 0 amide bonds. The summed E-state index contributed by atoms with van der Waals surface area (Å²) in [4.78, 5) is 12.4. The lowest BCUT2D eigenvalue weighted by Crippen LogP contribution is -2.19. The van der Waals surface area contributed by atoms with Crippen LogP contribution in [0.1, 0.15) is 18.4 Å². The first kappa shape index (κ1) is 16.1. The maximum absolute atomic E-state index is 4.98. The SMILES string of the molecule is c1ccc(CSc2nc(N3CCCC3)c3sc4ccccc4c3n2)cc1. The van der Waals surface area contributed by atoms with E-state index in [1.165, 1.54) is 33.2 Å². The predicted molar refractivity (Wildman–Crippen MR) is 112 cm³/mol. The molecule has 1 saturated heterocycles. The molecule has 3 heterocycles. The number of thiophene rings is 1. The van der Waals surface area contributed by atoms with Crippen molar-refractivity contribution in [3.63, 3.8) is 0 Å². The van der Waals surface area contributed by atoms with E-state index in [4.69, 9.17) is 9.97 Å². The van der Waals surface area contributed by atoms with Gasteiger partial charge in [0, 0.05) is 28.9 Å². The van der Waals surface area contributed by atoms with Gasteiger partial charge >= 0.3 is 0 Å². The van der Waals surface area contributed by atoms with E-state index in [1.807, 2.05) is 11.3 Å². The van der Waals surface area contributed by atoms with Crippen molar-refractivity contribution in [3.8, 4) is 0 Å². The molecular weight excluding hydrogens is 358 g/mol. The third-order valence-electron chi connectivity index (χ3n) is 4.80. The van der Waals surface area contributed by atoms with E-state index in [0.717, 1.165) is 35.3 Å². The molecule has 1 aliphatic rings. The minimum atomic E-state index is 0.881. The summed E-state index contributed by atoms with van der Waals surface area (Å²) in [6.45, 7) is 2.20. The van der Waals surface area contributed by atoms with Crippen LogP contribution >= 0.6 is 23.1 Å². The van der Waals surface area contributed by atoms with Gasteiger partial charge in [-0.3, -0.25) is 0 Å². The smallest absolute Gasteiger partial charge is 0.190 e. The van der Waals surface area contributed by atoms with E-state index < -0.39 is 0 Å². The Bertz CT molecular complexity index is 1050. The molecule has 0 bridgehead atoms. The Morgan fingerprint density at radius 3 is 2.54 bits per heavy atom. The maximum atomic E-state index is 4.98. The lowest BCUT2D eigenvalue weighted by molar-refractivity contribution is 0.901. The first-order valence-electron chi connectivity index (χ1n) is 8.99. The van der Waals surface area contributed by atoms with Crippen LogP contribution < -0.4 is 4.90 Å². The molecule has 26 heavy (non-hydrogen) atoms. The molecule has 0 N–H and O–H groups in total. The molecule has 5 heteroatoms. The zero-order valence-corrected chi connectivity index (χ0v) is 16.0. The minimum absolute atomic E-state index is 0.881. The molecule has 0 radical (unpaired) electrons. The van der Waals surface area contributed by atoms with Gasteiger partial charge in [-0.15, -0.1) is 11.3 Å². The van der Waals surface area contributed by atoms with Crippen molar-refractivity contribution >= 4 is 49.2 Å². The number of fused-ring (bicyclic) bond motifs is 3. The summed E-state index contributed by atoms with van der Waals surface area (Å²) in [5.74, 6) is 2.03. The molecule has 1 fully saturated rings. The molecule has 0 atom stereocenters. The van der Waals surface area contributed by atoms with Crippen molar-refractivity contribution in [2.75, 3.05) is 18.0 Å². The Kier molecular flexibility index (Phi) is 4.27. The zero-order chi connectivity index (χ0) is 17.3. The van der Waals surface area contributed by atoms with Gasteiger partial charge in [0.05, 0.1) is 10.2 Å². The maximum Gasteiger partial charge on any atom is 0.190 e. The second kappa shape index (κ2) is 6.89. The third kappa shape index (κ3) is 2.95. The normalized spacial score (nSPS) is 14.5. The average Bonchev–Trinajstić information content (AvgIpc) is 3.35. The Labute approximate surface area is 161 Å². The van der Waals surface area contributed by atoms with Crippen molar-refractivity contribution in [1.29, 1.82) is 0 Å². The zero-order valence-electron chi connectivity index (χ0n) is 14.4. The minimum Gasteiger partial charge on any atom is -0.355 e. The summed E-state index contributed by atoms with van der Waals surface area (Å²) in [5, 5.41) is 2.13. The summed E-state index contributed by atoms with van der Waals surface area (Å²) >= 11 is 3.55. The van der Waals surface area contributed by atoms with Gasteiger partial charge in [0.2, 0.25) is 0 Å². The molecular formula is C21H19N3S2. The molecule has 4 aromatic rings. The number of thioether (sulfide) groups is 1. The first-order chi connectivity index (χ1) is 12.9. The van der Waals surface area contributed by atoms with Crippen LogP contribution in [0, 0.1) is 0 Å². The standard InChI is InChI=1S/C21H19N3S2/c1-2-8-15(9-3-1)14-25-21-22-18-16-10-4-5-11-17(16)26-19(18)20(23-21)24-12-6-7-13-24/h1-5,8-11H,6-7,12-14H2. The number of nitrogens with zero attached hydrogens (tertiary/aromatic N) is 3. The number of rotatable bonds is 4. The number of hydrogen-bond donors (Lipinski definition) is 0. The highest BCUT2D eigenvalue weighted by Crippen LogP contribution is 2.39. The summed E-state index contributed by atoms with van der Waals surface area (Å²) in [5.41, 5.74) is 2.41. The molecule has 0 saturated carbocycles. The third-order valence-corrected chi connectivity index (χ3v) is 6.87. The monoisotopic (exact) mass is 377 g/mol. The molecule has 0 unspecified atom stereocenters. The van der Waals surface area contributed by atoms with Gasteiger partial charge in [-0.25, -0.2) is 9.97 Å². The van der Waals surface area contributed by atoms with Crippen LogP contribution in [-0.2, 0) is 5.75 Å². The first-order valence-corrected chi connectivity index (χ1v) is 10.8. The van der Waals surface area contributed by atoms with Gasteiger partial charge in [-0.1, -0.05) is 60.3 Å². The quantitative estimate of drug-likeness (QED) is 0.335. The van der Waals surface area contributed by atoms with Crippen LogP contribution in [0.3, 0.4) is 0 Å². The van der Waals surface area contributed by atoms with E-state index in [2.05, 4.69) is 59.5 Å². The molecule has 130 valence electrons. The van der Waals surface area contributed by atoms with Crippen LogP contribution in [-0.4, -0.2) is 23.1 Å². The fraction of sp³-hybridized carbons (Fsp3) is 0.238. The highest BCUT2D eigenvalue weighted by atomic mass is 32.2. The highest BCUT2D eigenvalue weighted by molar-refractivity contribution is 7.98. The summed E-state index contributed by atoms with van der Waals surface area (Å²) in [7, 11) is 0. The van der Waals surface area contributed by atoms with Crippen molar-refractivity contribution in [2.24, 2.45) is 0 Å². The van der Waals surface area contributed by atoms with Gasteiger partial charge in [0.15, 0.2) is 11.0 Å². The van der Waals surface area contributed by atoms with Crippen molar-refractivity contribution in [2.45, 2.75) is 23.8 Å². The summed E-state index contributed by atoms with van der Waals surface area (Å²) in [6.07, 6.45) is 2.51.